The molecule has 0 saturated heterocycles. The average molecular weight is 271 g/mol. The van der Waals surface area contributed by atoms with E-state index in [2.05, 4.69) is 0 Å². The van der Waals surface area contributed by atoms with Crippen LogP contribution in [0.3, 0.4) is 0 Å². The maximum absolute atomic E-state index is 13.3. The molecule has 4 heteroatoms. The lowest BCUT2D eigenvalue weighted by atomic mass is 10.1. The Hall–Kier alpha value is -2.36. The highest BCUT2D eigenvalue weighted by Crippen LogP contribution is 2.32. The smallest absolute Gasteiger partial charge is 0.258 e. The number of fused-ring (bicyclic) bond motifs is 1. The number of hydrogen-bond acceptors (Lipinski definition) is 2. The zero-order valence-electron chi connectivity index (χ0n) is 11.1. The maximum Gasteiger partial charge on any atom is 0.258 e. The number of rotatable bonds is 1. The van der Waals surface area contributed by atoms with Crippen LogP contribution in [-0.4, -0.2) is 19.1 Å². The number of ether oxygens (including phenoxy) is 1. The molecule has 0 aromatic heterocycles. The standard InChI is InChI=1S/C16H14FNO2/c1-11-10-12(6-7-13(11)17)16(19)18-8-9-20-15-5-3-2-4-14(15)18/h2-7,10H,8-9H2,1H3. The number of carbonyl (C=O) groups excluding carboxylic acids is 1. The van der Waals surface area contributed by atoms with Crippen LogP contribution < -0.4 is 9.64 Å². The molecule has 20 heavy (non-hydrogen) atoms. The van der Waals surface area contributed by atoms with Crippen LogP contribution >= 0.6 is 0 Å². The number of nitrogens with zero attached hydrogens (tertiary/aromatic N) is 1. The van der Waals surface area contributed by atoms with E-state index in [4.69, 9.17) is 4.74 Å². The predicted octanol–water partition coefficient (Wildman–Crippen LogP) is 3.17. The number of anilines is 1. The van der Waals surface area contributed by atoms with E-state index >= 15 is 0 Å². The molecule has 3 rings (SSSR count). The van der Waals surface area contributed by atoms with Gasteiger partial charge in [-0.15, -0.1) is 0 Å². The van der Waals surface area contributed by atoms with Crippen molar-refractivity contribution in [3.05, 3.63) is 59.4 Å². The molecule has 0 fully saturated rings. The van der Waals surface area contributed by atoms with Crippen LogP contribution in [0.2, 0.25) is 0 Å². The van der Waals surface area contributed by atoms with E-state index in [-0.39, 0.29) is 11.7 Å². The van der Waals surface area contributed by atoms with E-state index in [0.717, 1.165) is 5.69 Å². The van der Waals surface area contributed by atoms with Crippen molar-refractivity contribution < 1.29 is 13.9 Å². The van der Waals surface area contributed by atoms with Gasteiger partial charge >= 0.3 is 0 Å². The van der Waals surface area contributed by atoms with E-state index in [1.54, 1.807) is 17.9 Å². The van der Waals surface area contributed by atoms with Crippen LogP contribution in [0.1, 0.15) is 15.9 Å². The average Bonchev–Trinajstić information content (AvgIpc) is 2.49. The number of para-hydroxylation sites is 2. The molecule has 2 aromatic rings. The quantitative estimate of drug-likeness (QED) is 0.797. The summed E-state index contributed by atoms with van der Waals surface area (Å²) in [7, 11) is 0. The second-order valence-electron chi connectivity index (χ2n) is 4.74. The van der Waals surface area contributed by atoms with Crippen LogP contribution in [0, 0.1) is 12.7 Å². The maximum atomic E-state index is 13.3. The van der Waals surface area contributed by atoms with Crippen molar-refractivity contribution in [1.29, 1.82) is 0 Å². The highest BCUT2D eigenvalue weighted by atomic mass is 19.1. The van der Waals surface area contributed by atoms with Gasteiger partial charge in [0.25, 0.3) is 5.91 Å². The van der Waals surface area contributed by atoms with Gasteiger partial charge in [0.2, 0.25) is 0 Å². The first kappa shape index (κ1) is 12.7. The highest BCUT2D eigenvalue weighted by molar-refractivity contribution is 6.07. The van der Waals surface area contributed by atoms with E-state index in [1.165, 1.54) is 12.1 Å². The first-order chi connectivity index (χ1) is 9.66. The van der Waals surface area contributed by atoms with Crippen LogP contribution in [0.25, 0.3) is 0 Å². The Balaban J connectivity index is 1.97. The van der Waals surface area contributed by atoms with Gasteiger partial charge in [-0.25, -0.2) is 4.39 Å². The first-order valence-electron chi connectivity index (χ1n) is 6.46. The van der Waals surface area contributed by atoms with Crippen LogP contribution in [-0.2, 0) is 0 Å². The van der Waals surface area contributed by atoms with Crippen molar-refractivity contribution in [2.45, 2.75) is 6.92 Å². The summed E-state index contributed by atoms with van der Waals surface area (Å²) >= 11 is 0. The number of amides is 1. The third-order valence-corrected chi connectivity index (χ3v) is 3.38. The summed E-state index contributed by atoms with van der Waals surface area (Å²) < 4.78 is 18.8. The normalized spacial score (nSPS) is 13.6. The Morgan fingerprint density at radius 2 is 2.05 bits per heavy atom. The molecular weight excluding hydrogens is 257 g/mol. The first-order valence-corrected chi connectivity index (χ1v) is 6.46. The predicted molar refractivity (Wildman–Crippen MR) is 74.8 cm³/mol. The minimum Gasteiger partial charge on any atom is -0.490 e. The Labute approximate surface area is 116 Å². The Morgan fingerprint density at radius 3 is 2.85 bits per heavy atom. The number of carbonyl (C=O) groups is 1. The van der Waals surface area contributed by atoms with Gasteiger partial charge in [-0.05, 0) is 42.8 Å². The summed E-state index contributed by atoms with van der Waals surface area (Å²) in [6, 6.07) is 11.8. The number of hydrogen-bond donors (Lipinski definition) is 0. The SMILES string of the molecule is Cc1cc(C(=O)N2CCOc3ccccc32)ccc1F. The topological polar surface area (TPSA) is 29.5 Å². The Morgan fingerprint density at radius 1 is 1.25 bits per heavy atom. The molecule has 0 spiro atoms. The lowest BCUT2D eigenvalue weighted by Gasteiger charge is -2.29. The summed E-state index contributed by atoms with van der Waals surface area (Å²) in [6.45, 7) is 2.61. The summed E-state index contributed by atoms with van der Waals surface area (Å²) in [5.41, 5.74) is 1.71. The van der Waals surface area contributed by atoms with Crippen molar-refractivity contribution in [2.75, 3.05) is 18.1 Å². The molecule has 0 radical (unpaired) electrons. The molecule has 0 saturated carbocycles. The minimum atomic E-state index is -0.302. The second-order valence-corrected chi connectivity index (χ2v) is 4.74. The Bertz CT molecular complexity index is 669. The minimum absolute atomic E-state index is 0.135. The molecule has 2 aromatic carbocycles. The van der Waals surface area contributed by atoms with Crippen LogP contribution in [0.4, 0.5) is 10.1 Å². The van der Waals surface area contributed by atoms with Crippen molar-refractivity contribution in [3.8, 4) is 5.75 Å². The van der Waals surface area contributed by atoms with Crippen LogP contribution in [0.5, 0.6) is 5.75 Å². The summed E-state index contributed by atoms with van der Waals surface area (Å²) in [6.07, 6.45) is 0. The largest absolute Gasteiger partial charge is 0.490 e. The lowest BCUT2D eigenvalue weighted by molar-refractivity contribution is 0.0976. The van der Waals surface area contributed by atoms with E-state index in [0.29, 0.717) is 30.0 Å². The highest BCUT2D eigenvalue weighted by Gasteiger charge is 2.24. The fourth-order valence-corrected chi connectivity index (χ4v) is 2.31. The molecule has 1 amide bonds. The molecule has 3 nitrogen and oxygen atoms in total. The molecular formula is C16H14FNO2. The van der Waals surface area contributed by atoms with Gasteiger partial charge in [0.1, 0.15) is 18.2 Å². The van der Waals surface area contributed by atoms with Gasteiger partial charge in [0.15, 0.2) is 0 Å². The third-order valence-electron chi connectivity index (χ3n) is 3.38. The Kier molecular flexibility index (Phi) is 3.14. The van der Waals surface area contributed by atoms with Crippen molar-refractivity contribution in [3.63, 3.8) is 0 Å². The van der Waals surface area contributed by atoms with Gasteiger partial charge in [-0.3, -0.25) is 4.79 Å². The van der Waals surface area contributed by atoms with Gasteiger partial charge in [-0.2, -0.15) is 0 Å². The molecule has 0 atom stereocenters. The molecule has 0 aliphatic carbocycles. The van der Waals surface area contributed by atoms with Crippen LogP contribution in [0.15, 0.2) is 42.5 Å². The fourth-order valence-electron chi connectivity index (χ4n) is 2.31. The van der Waals surface area contributed by atoms with Crippen molar-refractivity contribution in [1.82, 2.24) is 0 Å². The van der Waals surface area contributed by atoms with Crippen molar-refractivity contribution in [2.24, 2.45) is 0 Å². The number of aryl methyl sites for hydroxylation is 1. The summed E-state index contributed by atoms with van der Waals surface area (Å²) in [5.74, 6) is 0.263. The third kappa shape index (κ3) is 2.13. The zero-order valence-corrected chi connectivity index (χ0v) is 11.1. The number of halogens is 1. The van der Waals surface area contributed by atoms with Crippen molar-refractivity contribution >= 4 is 11.6 Å². The fraction of sp³-hybridized carbons (Fsp3) is 0.188. The lowest BCUT2D eigenvalue weighted by Crippen LogP contribution is -2.37. The van der Waals surface area contributed by atoms with E-state index in [1.807, 2.05) is 24.3 Å². The second kappa shape index (κ2) is 4.96. The van der Waals surface area contributed by atoms with E-state index in [9.17, 15) is 9.18 Å². The molecule has 1 heterocycles. The van der Waals surface area contributed by atoms with Gasteiger partial charge in [0.05, 0.1) is 12.2 Å². The molecule has 0 bridgehead atoms. The molecule has 1 aliphatic heterocycles. The van der Waals surface area contributed by atoms with Gasteiger partial charge in [-0.1, -0.05) is 12.1 Å². The zero-order chi connectivity index (χ0) is 14.1. The summed E-state index contributed by atoms with van der Waals surface area (Å²) in [5, 5.41) is 0. The van der Waals surface area contributed by atoms with E-state index < -0.39 is 0 Å². The molecule has 102 valence electrons. The number of benzene rings is 2. The molecule has 1 aliphatic rings. The van der Waals surface area contributed by atoms with Gasteiger partial charge in [0, 0.05) is 5.56 Å². The molecule has 0 N–H and O–H groups in total. The monoisotopic (exact) mass is 271 g/mol. The van der Waals surface area contributed by atoms with Gasteiger partial charge < -0.3 is 9.64 Å². The summed E-state index contributed by atoms with van der Waals surface area (Å²) in [4.78, 5) is 14.2. The molecule has 0 unspecified atom stereocenters.